The molecule has 0 spiro atoms. The van der Waals surface area contributed by atoms with E-state index in [0.717, 1.165) is 33.8 Å². The summed E-state index contributed by atoms with van der Waals surface area (Å²) in [6, 6.07) is 8.06. The van der Waals surface area contributed by atoms with Crippen molar-refractivity contribution in [2.24, 2.45) is 0 Å². The van der Waals surface area contributed by atoms with Gasteiger partial charge in [-0.2, -0.15) is 0 Å². The molecule has 4 aromatic rings. The van der Waals surface area contributed by atoms with E-state index in [0.29, 0.717) is 0 Å². The van der Waals surface area contributed by atoms with Gasteiger partial charge in [0, 0.05) is 35.0 Å². The third-order valence-electron chi connectivity index (χ3n) is 3.32. The number of hydrogen-bond acceptors (Lipinski definition) is 3. The molecule has 0 fully saturated rings. The van der Waals surface area contributed by atoms with Crippen molar-refractivity contribution in [1.29, 1.82) is 0 Å². The monoisotopic (exact) mass is 268 g/mol. The molecule has 0 aliphatic rings. The fourth-order valence-corrected chi connectivity index (χ4v) is 3.13. The molecule has 0 aliphatic heterocycles. The lowest BCUT2D eigenvalue weighted by atomic mass is 10.2. The molecule has 0 unspecified atom stereocenters. The number of hydrogen-bond donors (Lipinski definition) is 1. The third-order valence-corrected chi connectivity index (χ3v) is 4.09. The Morgan fingerprint density at radius 3 is 3.05 bits per heavy atom. The van der Waals surface area contributed by atoms with Crippen molar-refractivity contribution in [2.45, 2.75) is 6.54 Å². The van der Waals surface area contributed by atoms with Crippen LogP contribution in [0.2, 0.25) is 0 Å². The highest BCUT2D eigenvalue weighted by atomic mass is 32.1. The summed E-state index contributed by atoms with van der Waals surface area (Å²) < 4.78 is 4.23. The van der Waals surface area contributed by atoms with Crippen molar-refractivity contribution in [1.82, 2.24) is 14.0 Å². The molecule has 4 nitrogen and oxygen atoms in total. The molecule has 3 aromatic heterocycles. The Hall–Kier alpha value is -2.27. The van der Waals surface area contributed by atoms with E-state index >= 15 is 0 Å². The number of thiazole rings is 1. The number of aromatic nitrogens is 3. The molecule has 4 rings (SSSR count). The van der Waals surface area contributed by atoms with Crippen LogP contribution in [0.5, 0.6) is 0 Å². The second kappa shape index (κ2) is 3.86. The first-order valence-electron chi connectivity index (χ1n) is 6.06. The van der Waals surface area contributed by atoms with Crippen LogP contribution in [0.1, 0.15) is 5.69 Å². The predicted octanol–water partition coefficient (Wildman–Crippen LogP) is 2.98. The van der Waals surface area contributed by atoms with Crippen LogP contribution < -0.4 is 5.73 Å². The summed E-state index contributed by atoms with van der Waals surface area (Å²) in [5.74, 6) is 0. The molecule has 3 heterocycles. The second-order valence-electron chi connectivity index (χ2n) is 4.55. The number of anilines is 1. The summed E-state index contributed by atoms with van der Waals surface area (Å²) in [5.41, 5.74) is 9.01. The van der Waals surface area contributed by atoms with Crippen LogP contribution in [0.4, 0.5) is 5.69 Å². The molecular weight excluding hydrogens is 256 g/mol. The van der Waals surface area contributed by atoms with Crippen LogP contribution in [0, 0.1) is 0 Å². The van der Waals surface area contributed by atoms with E-state index in [2.05, 4.69) is 38.5 Å². The van der Waals surface area contributed by atoms with E-state index in [4.69, 9.17) is 5.73 Å². The lowest BCUT2D eigenvalue weighted by Gasteiger charge is -2.03. The highest BCUT2D eigenvalue weighted by Crippen LogP contribution is 2.23. The van der Waals surface area contributed by atoms with E-state index in [1.807, 2.05) is 23.7 Å². The minimum atomic E-state index is 0.765. The maximum atomic E-state index is 5.98. The van der Waals surface area contributed by atoms with Gasteiger partial charge < -0.3 is 10.3 Å². The molecular formula is C14H12N4S. The van der Waals surface area contributed by atoms with Gasteiger partial charge in [0.2, 0.25) is 0 Å². The SMILES string of the molecule is Nc1cccc2c1ccn2Cc1cn2ccsc2n1. The van der Waals surface area contributed by atoms with Crippen molar-refractivity contribution in [3.63, 3.8) is 0 Å². The maximum Gasteiger partial charge on any atom is 0.193 e. The van der Waals surface area contributed by atoms with Crippen LogP contribution in [0.15, 0.2) is 48.2 Å². The molecule has 2 N–H and O–H groups in total. The van der Waals surface area contributed by atoms with Crippen molar-refractivity contribution in [3.8, 4) is 0 Å². The van der Waals surface area contributed by atoms with Crippen molar-refractivity contribution < 1.29 is 0 Å². The number of nitrogens with zero attached hydrogens (tertiary/aromatic N) is 3. The van der Waals surface area contributed by atoms with Gasteiger partial charge in [-0.1, -0.05) is 6.07 Å². The lowest BCUT2D eigenvalue weighted by Crippen LogP contribution is -1.98. The molecule has 0 amide bonds. The Labute approximate surface area is 113 Å². The van der Waals surface area contributed by atoms with Gasteiger partial charge in [0.25, 0.3) is 0 Å². The first-order valence-corrected chi connectivity index (χ1v) is 6.93. The van der Waals surface area contributed by atoms with Crippen molar-refractivity contribution in [3.05, 3.63) is 53.9 Å². The van der Waals surface area contributed by atoms with Gasteiger partial charge in [0.1, 0.15) is 0 Å². The molecule has 1 aromatic carbocycles. The van der Waals surface area contributed by atoms with E-state index in [1.165, 1.54) is 0 Å². The highest BCUT2D eigenvalue weighted by Gasteiger charge is 2.07. The number of nitrogen functional groups attached to an aromatic ring is 1. The number of imidazole rings is 1. The molecule has 0 radical (unpaired) electrons. The van der Waals surface area contributed by atoms with E-state index in [9.17, 15) is 0 Å². The smallest absolute Gasteiger partial charge is 0.193 e. The van der Waals surface area contributed by atoms with Crippen LogP contribution in [-0.4, -0.2) is 14.0 Å². The summed E-state index contributed by atoms with van der Waals surface area (Å²) in [6.07, 6.45) is 6.17. The molecule has 0 saturated carbocycles. The van der Waals surface area contributed by atoms with Gasteiger partial charge in [0.05, 0.1) is 17.8 Å². The number of rotatable bonds is 2. The van der Waals surface area contributed by atoms with Gasteiger partial charge >= 0.3 is 0 Å². The first-order chi connectivity index (χ1) is 9.31. The molecule has 0 bridgehead atoms. The Morgan fingerprint density at radius 2 is 2.16 bits per heavy atom. The molecule has 19 heavy (non-hydrogen) atoms. The Morgan fingerprint density at radius 1 is 1.21 bits per heavy atom. The zero-order valence-electron chi connectivity index (χ0n) is 10.2. The van der Waals surface area contributed by atoms with Crippen LogP contribution >= 0.6 is 11.3 Å². The maximum absolute atomic E-state index is 5.98. The molecule has 0 atom stereocenters. The normalized spacial score (nSPS) is 11.6. The summed E-state index contributed by atoms with van der Waals surface area (Å²) in [7, 11) is 0. The van der Waals surface area contributed by atoms with E-state index in [1.54, 1.807) is 11.3 Å². The Bertz CT molecular complexity index is 839. The lowest BCUT2D eigenvalue weighted by molar-refractivity contribution is 0.815. The molecule has 0 saturated heterocycles. The third kappa shape index (κ3) is 1.62. The summed E-state index contributed by atoms with van der Waals surface area (Å²) >= 11 is 1.65. The fourth-order valence-electron chi connectivity index (χ4n) is 2.41. The van der Waals surface area contributed by atoms with Crippen molar-refractivity contribution >= 4 is 32.9 Å². The highest BCUT2D eigenvalue weighted by molar-refractivity contribution is 7.15. The van der Waals surface area contributed by atoms with E-state index < -0.39 is 0 Å². The Kier molecular flexibility index (Phi) is 2.16. The predicted molar refractivity (Wildman–Crippen MR) is 78.5 cm³/mol. The zero-order chi connectivity index (χ0) is 12.8. The largest absolute Gasteiger partial charge is 0.398 e. The minimum absolute atomic E-state index is 0.765. The quantitative estimate of drug-likeness (QED) is 0.568. The van der Waals surface area contributed by atoms with Crippen LogP contribution in [0.25, 0.3) is 15.9 Å². The zero-order valence-corrected chi connectivity index (χ0v) is 11.0. The summed E-state index contributed by atoms with van der Waals surface area (Å²) in [5, 5.41) is 3.14. The Balaban J connectivity index is 1.78. The topological polar surface area (TPSA) is 48.2 Å². The number of benzene rings is 1. The van der Waals surface area contributed by atoms with Gasteiger partial charge in [-0.05, 0) is 18.2 Å². The van der Waals surface area contributed by atoms with Gasteiger partial charge in [-0.15, -0.1) is 11.3 Å². The minimum Gasteiger partial charge on any atom is -0.398 e. The fraction of sp³-hybridized carbons (Fsp3) is 0.0714. The number of fused-ring (bicyclic) bond motifs is 2. The first kappa shape index (κ1) is 10.6. The standard InChI is InChI=1S/C14H12N4S/c15-12-2-1-3-13-11(12)4-5-17(13)8-10-9-18-6-7-19-14(18)16-10/h1-7,9H,8,15H2. The molecule has 94 valence electrons. The van der Waals surface area contributed by atoms with Crippen LogP contribution in [-0.2, 0) is 6.54 Å². The van der Waals surface area contributed by atoms with Gasteiger partial charge in [0.15, 0.2) is 4.96 Å². The molecule has 0 aliphatic carbocycles. The number of nitrogens with two attached hydrogens (primary N) is 1. The van der Waals surface area contributed by atoms with E-state index in [-0.39, 0.29) is 0 Å². The van der Waals surface area contributed by atoms with Gasteiger partial charge in [-0.25, -0.2) is 4.98 Å². The second-order valence-corrected chi connectivity index (χ2v) is 5.42. The summed E-state index contributed by atoms with van der Waals surface area (Å²) in [6.45, 7) is 0.765. The summed E-state index contributed by atoms with van der Waals surface area (Å²) in [4.78, 5) is 5.64. The van der Waals surface area contributed by atoms with Gasteiger partial charge in [-0.3, -0.25) is 4.40 Å². The molecule has 5 heteroatoms. The average molecular weight is 268 g/mol. The average Bonchev–Trinajstić information content (AvgIpc) is 3.05. The van der Waals surface area contributed by atoms with Crippen molar-refractivity contribution in [2.75, 3.05) is 5.73 Å². The van der Waals surface area contributed by atoms with Crippen LogP contribution in [0.3, 0.4) is 0 Å².